The maximum absolute atomic E-state index is 6.81. The smallest absolute Gasteiger partial charge is 0.155 e. The first kappa shape index (κ1) is 38.5. The van der Waals surface area contributed by atoms with Gasteiger partial charge in [0.05, 0.1) is 6.54 Å². The lowest BCUT2D eigenvalue weighted by Crippen LogP contribution is -2.05. The van der Waals surface area contributed by atoms with Crippen LogP contribution in [0.15, 0.2) is 227 Å². The molecule has 1 aromatic heterocycles. The van der Waals surface area contributed by atoms with Crippen LogP contribution in [0.2, 0.25) is 0 Å². The minimum atomic E-state index is 0.500. The van der Waals surface area contributed by atoms with Gasteiger partial charge in [0.1, 0.15) is 11.2 Å². The molecule has 0 amide bonds. The van der Waals surface area contributed by atoms with E-state index in [-0.39, 0.29) is 0 Å². The largest absolute Gasteiger partial charge is 0.455 e. The third-order valence-corrected chi connectivity index (χ3v) is 13.1. The number of aliphatic imine (C=N–C) groups is 2. The summed E-state index contributed by atoms with van der Waals surface area (Å²) >= 11 is 0. The molecule has 0 fully saturated rings. The zero-order chi connectivity index (χ0) is 43.3. The zero-order valence-corrected chi connectivity index (χ0v) is 36.1. The molecule has 3 heteroatoms. The molecule has 0 aliphatic heterocycles. The molecule has 1 aliphatic carbocycles. The number of fused-ring (bicyclic) bond motifs is 11. The van der Waals surface area contributed by atoms with Crippen LogP contribution in [0.25, 0.3) is 92.9 Å². The van der Waals surface area contributed by atoms with E-state index in [1.165, 1.54) is 54.6 Å². The summed E-state index contributed by atoms with van der Waals surface area (Å²) in [5, 5.41) is 12.1. The Kier molecular flexibility index (Phi) is 9.60. The van der Waals surface area contributed by atoms with E-state index in [2.05, 4.69) is 213 Å². The summed E-state index contributed by atoms with van der Waals surface area (Å²) in [6, 6.07) is 69.8. The van der Waals surface area contributed by atoms with Crippen molar-refractivity contribution in [3.63, 3.8) is 0 Å². The van der Waals surface area contributed by atoms with Gasteiger partial charge in [-0.25, -0.2) is 4.99 Å². The molecular weight excluding hydrogens is 789 g/mol. The van der Waals surface area contributed by atoms with E-state index in [9.17, 15) is 0 Å². The Morgan fingerprint density at radius 1 is 0.477 bits per heavy atom. The fourth-order valence-corrected chi connectivity index (χ4v) is 9.92. The third-order valence-electron chi connectivity index (χ3n) is 13.1. The van der Waals surface area contributed by atoms with Crippen molar-refractivity contribution in [2.24, 2.45) is 9.98 Å². The van der Waals surface area contributed by atoms with Crippen LogP contribution >= 0.6 is 0 Å². The van der Waals surface area contributed by atoms with Gasteiger partial charge in [0.2, 0.25) is 0 Å². The topological polar surface area (TPSA) is 37.9 Å². The number of furan rings is 1. The van der Waals surface area contributed by atoms with Gasteiger partial charge in [-0.1, -0.05) is 188 Å². The van der Waals surface area contributed by atoms with Gasteiger partial charge in [-0.3, -0.25) is 4.99 Å². The zero-order valence-electron chi connectivity index (χ0n) is 36.1. The monoisotopic (exact) mass is 832 g/mol. The number of allylic oxidation sites excluding steroid dienone is 4. The number of rotatable bonds is 7. The van der Waals surface area contributed by atoms with Gasteiger partial charge in [0.15, 0.2) is 5.84 Å². The quantitative estimate of drug-likeness (QED) is 0.0895. The van der Waals surface area contributed by atoms with Crippen molar-refractivity contribution in [3.8, 4) is 22.3 Å². The molecule has 0 atom stereocenters. The highest BCUT2D eigenvalue weighted by molar-refractivity contribution is 6.27. The maximum Gasteiger partial charge on any atom is 0.155 e. The van der Waals surface area contributed by atoms with Gasteiger partial charge < -0.3 is 4.42 Å². The molecule has 0 saturated heterocycles. The van der Waals surface area contributed by atoms with E-state index in [0.29, 0.717) is 6.54 Å². The summed E-state index contributed by atoms with van der Waals surface area (Å²) in [6.07, 6.45) is 8.94. The van der Waals surface area contributed by atoms with Crippen LogP contribution in [-0.2, 0) is 6.54 Å². The van der Waals surface area contributed by atoms with Gasteiger partial charge in [-0.15, -0.1) is 0 Å². The molecule has 10 aromatic carbocycles. The minimum absolute atomic E-state index is 0.500. The number of amidine groups is 1. The van der Waals surface area contributed by atoms with Crippen LogP contribution in [0.4, 0.5) is 0 Å². The first-order valence-electron chi connectivity index (χ1n) is 22.6. The average molecular weight is 833 g/mol. The molecule has 1 aliphatic rings. The predicted molar refractivity (Wildman–Crippen MR) is 276 cm³/mol. The summed E-state index contributed by atoms with van der Waals surface area (Å²) < 4.78 is 6.81. The summed E-state index contributed by atoms with van der Waals surface area (Å²) in [7, 11) is 0. The van der Waals surface area contributed by atoms with E-state index in [4.69, 9.17) is 14.4 Å². The normalized spacial score (nSPS) is 13.5. The van der Waals surface area contributed by atoms with E-state index in [0.717, 1.165) is 84.9 Å². The summed E-state index contributed by atoms with van der Waals surface area (Å²) in [5.41, 5.74) is 13.0. The second-order valence-electron chi connectivity index (χ2n) is 17.1. The van der Waals surface area contributed by atoms with Gasteiger partial charge in [0.25, 0.3) is 0 Å². The molecule has 0 saturated carbocycles. The van der Waals surface area contributed by atoms with E-state index in [1.54, 1.807) is 0 Å². The number of hydrogen-bond donors (Lipinski definition) is 0. The second kappa shape index (κ2) is 16.2. The predicted octanol–water partition coefficient (Wildman–Crippen LogP) is 16.7. The minimum Gasteiger partial charge on any atom is -0.455 e. The van der Waals surface area contributed by atoms with Crippen LogP contribution < -0.4 is 0 Å². The number of benzene rings is 10. The summed E-state index contributed by atoms with van der Waals surface area (Å²) in [6.45, 7) is 2.56. The standard InChI is InChI=1S/C62H44N2O/c1-40(42-16-4-2-5-17-42)64-62(47-21-14-20-45(36-47)43-18-6-3-7-19-43)63-39-41-30-32-44(33-31-41)56-38-58-60-48(28-15-29-59(60)65-61(58)55-27-13-12-26-53(55)56)46-34-35-54-51-24-9-8-22-49(51)50-23-10-11-25-52(50)57(54)37-46/h2,4-6,8-38H,3,7,39H2,1H3. The highest BCUT2D eigenvalue weighted by atomic mass is 16.3. The first-order chi connectivity index (χ1) is 32.1. The van der Waals surface area contributed by atoms with E-state index in [1.807, 2.05) is 6.07 Å². The van der Waals surface area contributed by atoms with Crippen LogP contribution in [0.1, 0.15) is 42.0 Å². The lowest BCUT2D eigenvalue weighted by molar-refractivity contribution is 0.673. The SMILES string of the molecule is CC(=NC(=NCc1ccc(-c2cc3c(oc4cccc(-c5ccc6c7ccccc7c7ccccc7c6c5)c43)c3ccccc23)cc1)c1cccc(C2=CCCC=C2)c1)c1ccccc1. The molecule has 65 heavy (non-hydrogen) atoms. The highest BCUT2D eigenvalue weighted by Crippen LogP contribution is 2.44. The molecule has 0 N–H and O–H groups in total. The second-order valence-corrected chi connectivity index (χ2v) is 17.1. The fraction of sp³-hybridized carbons (Fsp3) is 0.0645. The van der Waals surface area contributed by atoms with E-state index < -0.39 is 0 Å². The van der Waals surface area contributed by atoms with Crippen molar-refractivity contribution in [1.29, 1.82) is 0 Å². The van der Waals surface area contributed by atoms with Crippen molar-refractivity contribution in [2.45, 2.75) is 26.3 Å². The molecule has 12 rings (SSSR count). The van der Waals surface area contributed by atoms with E-state index >= 15 is 0 Å². The van der Waals surface area contributed by atoms with Gasteiger partial charge in [-0.2, -0.15) is 0 Å². The van der Waals surface area contributed by atoms with Gasteiger partial charge in [-0.05, 0) is 126 Å². The Balaban J connectivity index is 0.945. The molecule has 0 spiro atoms. The number of nitrogens with zero attached hydrogens (tertiary/aromatic N) is 2. The fourth-order valence-electron chi connectivity index (χ4n) is 9.92. The Morgan fingerprint density at radius 2 is 1.12 bits per heavy atom. The van der Waals surface area contributed by atoms with Crippen LogP contribution in [0, 0.1) is 0 Å². The lowest BCUT2D eigenvalue weighted by Gasteiger charge is -2.13. The molecule has 3 nitrogen and oxygen atoms in total. The van der Waals surface area contributed by atoms with Gasteiger partial charge in [0, 0.05) is 27.4 Å². The molecule has 1 heterocycles. The molecule has 0 bridgehead atoms. The Hall–Kier alpha value is -8.14. The summed E-state index contributed by atoms with van der Waals surface area (Å²) in [5.74, 6) is 0.727. The molecular formula is C62H44N2O. The lowest BCUT2D eigenvalue weighted by atomic mass is 9.90. The molecule has 0 radical (unpaired) electrons. The average Bonchev–Trinajstić information content (AvgIpc) is 3.77. The Bertz CT molecular complexity index is 3750. The third kappa shape index (κ3) is 6.93. The van der Waals surface area contributed by atoms with Crippen molar-refractivity contribution in [2.75, 3.05) is 0 Å². The molecule has 308 valence electrons. The number of hydrogen-bond acceptors (Lipinski definition) is 2. The molecule has 0 unspecified atom stereocenters. The summed E-state index contributed by atoms with van der Waals surface area (Å²) in [4.78, 5) is 10.4. The Labute approximate surface area is 378 Å². The Morgan fingerprint density at radius 3 is 1.86 bits per heavy atom. The van der Waals surface area contributed by atoms with Crippen molar-refractivity contribution in [3.05, 3.63) is 235 Å². The van der Waals surface area contributed by atoms with Crippen LogP contribution in [-0.4, -0.2) is 11.5 Å². The highest BCUT2D eigenvalue weighted by Gasteiger charge is 2.19. The van der Waals surface area contributed by atoms with Crippen molar-refractivity contribution in [1.82, 2.24) is 0 Å². The first-order valence-corrected chi connectivity index (χ1v) is 22.6. The van der Waals surface area contributed by atoms with Crippen molar-refractivity contribution >= 4 is 82.1 Å². The maximum atomic E-state index is 6.81. The van der Waals surface area contributed by atoms with Crippen LogP contribution in [0.3, 0.4) is 0 Å². The van der Waals surface area contributed by atoms with Crippen LogP contribution in [0.5, 0.6) is 0 Å². The van der Waals surface area contributed by atoms with Crippen molar-refractivity contribution < 1.29 is 4.42 Å². The molecule has 11 aromatic rings. The van der Waals surface area contributed by atoms with Gasteiger partial charge >= 0.3 is 0 Å².